The molecule has 4 fully saturated rings. The lowest BCUT2D eigenvalue weighted by Gasteiger charge is -2.58. The van der Waals surface area contributed by atoms with Crippen LogP contribution in [0.4, 0.5) is 5.69 Å². The fourth-order valence-corrected chi connectivity index (χ4v) is 5.97. The number of nitrogens with one attached hydrogen (secondary N) is 2. The standard InChI is InChI=1S/C21H25N3O3/c1-11(20(25)26)4-15-10-23-19-16(2-3-22-19)18(15)24-17-13-5-12-6-14(17)9-21(27,7-12)8-13/h2-4,10,12-14,17,27H,5-9H2,1H3,(H,25,26)(H2,22,23,24)/b11-4+. The van der Waals surface area contributed by atoms with Crippen molar-refractivity contribution in [3.63, 3.8) is 0 Å². The molecule has 6 heteroatoms. The van der Waals surface area contributed by atoms with E-state index in [-0.39, 0.29) is 5.57 Å². The third-order valence-electron chi connectivity index (χ3n) is 6.88. The van der Waals surface area contributed by atoms with E-state index in [1.165, 1.54) is 12.8 Å². The molecule has 0 radical (unpaired) electrons. The lowest BCUT2D eigenvalue weighted by Crippen LogP contribution is -2.59. The van der Waals surface area contributed by atoms with Crippen molar-refractivity contribution in [2.45, 2.75) is 50.7 Å². The van der Waals surface area contributed by atoms with Gasteiger partial charge in [0, 0.05) is 35.0 Å². The number of hydrogen-bond acceptors (Lipinski definition) is 4. The van der Waals surface area contributed by atoms with Crippen molar-refractivity contribution in [3.8, 4) is 0 Å². The molecule has 2 aromatic rings. The number of aliphatic carboxylic acids is 1. The van der Waals surface area contributed by atoms with Crippen LogP contribution in [0.2, 0.25) is 0 Å². The SMILES string of the molecule is C/C(=C\c1cnc2[nH]ccc2c1NC1C2CC3CC1CC(O)(C3)C2)C(=O)O. The maximum atomic E-state index is 11.3. The maximum Gasteiger partial charge on any atom is 0.331 e. The summed E-state index contributed by atoms with van der Waals surface area (Å²) >= 11 is 0. The largest absolute Gasteiger partial charge is 0.478 e. The summed E-state index contributed by atoms with van der Waals surface area (Å²) in [6.07, 6.45) is 10.4. The number of hydrogen-bond donors (Lipinski definition) is 4. The predicted molar refractivity (Wildman–Crippen MR) is 103 cm³/mol. The van der Waals surface area contributed by atoms with Gasteiger partial charge in [0.2, 0.25) is 0 Å². The average molecular weight is 367 g/mol. The molecule has 27 heavy (non-hydrogen) atoms. The molecule has 2 aromatic heterocycles. The number of carboxylic acids is 1. The molecule has 2 unspecified atom stereocenters. The lowest BCUT2D eigenvalue weighted by molar-refractivity contribution is -0.132. The van der Waals surface area contributed by atoms with Gasteiger partial charge < -0.3 is 20.5 Å². The Balaban J connectivity index is 1.54. The van der Waals surface area contributed by atoms with Gasteiger partial charge in [0.05, 0.1) is 11.3 Å². The minimum Gasteiger partial charge on any atom is -0.478 e. The normalized spacial score (nSPS) is 35.0. The highest BCUT2D eigenvalue weighted by Crippen LogP contribution is 2.56. The van der Waals surface area contributed by atoms with Crippen molar-refractivity contribution in [1.29, 1.82) is 0 Å². The minimum absolute atomic E-state index is 0.286. The van der Waals surface area contributed by atoms with Crippen LogP contribution in [0.25, 0.3) is 17.1 Å². The Hall–Kier alpha value is -2.34. The number of rotatable bonds is 4. The predicted octanol–water partition coefficient (Wildman–Crippen LogP) is 3.40. The molecule has 2 heterocycles. The van der Waals surface area contributed by atoms with Crippen LogP contribution >= 0.6 is 0 Å². The summed E-state index contributed by atoms with van der Waals surface area (Å²) in [7, 11) is 0. The van der Waals surface area contributed by atoms with Crippen molar-refractivity contribution in [3.05, 3.63) is 29.6 Å². The Morgan fingerprint density at radius 1 is 1.33 bits per heavy atom. The second-order valence-corrected chi connectivity index (χ2v) is 8.83. The molecular formula is C21H25N3O3. The molecule has 6 rings (SSSR count). The highest BCUT2D eigenvalue weighted by atomic mass is 16.4. The van der Waals surface area contributed by atoms with Gasteiger partial charge in [0.1, 0.15) is 5.65 Å². The summed E-state index contributed by atoms with van der Waals surface area (Å²) in [5.74, 6) is 0.678. The molecule has 0 amide bonds. The molecule has 0 saturated heterocycles. The first-order valence-electron chi connectivity index (χ1n) is 9.78. The monoisotopic (exact) mass is 367 g/mol. The first-order chi connectivity index (χ1) is 12.9. The van der Waals surface area contributed by atoms with Crippen LogP contribution in [-0.4, -0.2) is 37.8 Å². The van der Waals surface area contributed by atoms with Gasteiger partial charge in [-0.25, -0.2) is 9.78 Å². The summed E-state index contributed by atoms with van der Waals surface area (Å²) in [5, 5.41) is 24.9. The van der Waals surface area contributed by atoms with Crippen LogP contribution < -0.4 is 5.32 Å². The quantitative estimate of drug-likeness (QED) is 0.621. The van der Waals surface area contributed by atoms with Crippen molar-refractivity contribution in [2.75, 3.05) is 5.32 Å². The maximum absolute atomic E-state index is 11.3. The van der Waals surface area contributed by atoms with E-state index in [0.717, 1.165) is 41.5 Å². The fraction of sp³-hybridized carbons (Fsp3) is 0.524. The number of carbonyl (C=O) groups is 1. The van der Waals surface area contributed by atoms with Gasteiger partial charge in [-0.15, -0.1) is 0 Å². The molecule has 4 bridgehead atoms. The molecule has 4 N–H and O–H groups in total. The van der Waals surface area contributed by atoms with Gasteiger partial charge in [0.15, 0.2) is 0 Å². The first-order valence-corrected chi connectivity index (χ1v) is 9.78. The smallest absolute Gasteiger partial charge is 0.331 e. The zero-order valence-electron chi connectivity index (χ0n) is 15.4. The molecule has 0 spiro atoms. The molecule has 0 aromatic carbocycles. The zero-order valence-corrected chi connectivity index (χ0v) is 15.4. The second kappa shape index (κ2) is 5.83. The summed E-state index contributed by atoms with van der Waals surface area (Å²) in [4.78, 5) is 18.9. The van der Waals surface area contributed by atoms with E-state index in [1.54, 1.807) is 19.2 Å². The summed E-state index contributed by atoms with van der Waals surface area (Å²) in [5.41, 5.74) is 2.37. The summed E-state index contributed by atoms with van der Waals surface area (Å²) in [6.45, 7) is 1.60. The zero-order chi connectivity index (χ0) is 18.8. The van der Waals surface area contributed by atoms with Crippen molar-refractivity contribution < 1.29 is 15.0 Å². The highest BCUT2D eigenvalue weighted by molar-refractivity contribution is 5.98. The third kappa shape index (κ3) is 2.74. The summed E-state index contributed by atoms with van der Waals surface area (Å²) < 4.78 is 0. The van der Waals surface area contributed by atoms with Crippen LogP contribution in [0.1, 0.15) is 44.6 Å². The number of pyridine rings is 1. The molecule has 142 valence electrons. The molecule has 2 atom stereocenters. The van der Waals surface area contributed by atoms with Crippen LogP contribution in [-0.2, 0) is 4.79 Å². The summed E-state index contributed by atoms with van der Waals surface area (Å²) in [6, 6.07) is 2.31. The molecule has 6 nitrogen and oxygen atoms in total. The van der Waals surface area contributed by atoms with E-state index in [0.29, 0.717) is 23.8 Å². The van der Waals surface area contributed by atoms with Gasteiger partial charge in [-0.05, 0) is 68.9 Å². The van der Waals surface area contributed by atoms with Gasteiger partial charge in [-0.3, -0.25) is 0 Å². The van der Waals surface area contributed by atoms with E-state index >= 15 is 0 Å². The molecule has 0 aliphatic heterocycles. The van der Waals surface area contributed by atoms with E-state index in [4.69, 9.17) is 0 Å². The average Bonchev–Trinajstić information content (AvgIpc) is 3.06. The first kappa shape index (κ1) is 16.8. The number of aromatic nitrogens is 2. The van der Waals surface area contributed by atoms with E-state index in [1.807, 2.05) is 12.3 Å². The number of aromatic amines is 1. The number of carboxylic acid groups (broad SMARTS) is 1. The minimum atomic E-state index is -0.924. The van der Waals surface area contributed by atoms with Gasteiger partial charge in [-0.1, -0.05) is 0 Å². The fourth-order valence-electron chi connectivity index (χ4n) is 5.97. The van der Waals surface area contributed by atoms with Crippen molar-refractivity contribution >= 4 is 28.8 Å². The van der Waals surface area contributed by atoms with Gasteiger partial charge in [0.25, 0.3) is 0 Å². The lowest BCUT2D eigenvalue weighted by atomic mass is 9.52. The molecule has 4 aliphatic rings. The van der Waals surface area contributed by atoms with E-state index in [2.05, 4.69) is 15.3 Å². The van der Waals surface area contributed by atoms with Gasteiger partial charge >= 0.3 is 5.97 Å². The number of anilines is 1. The van der Waals surface area contributed by atoms with Gasteiger partial charge in [-0.2, -0.15) is 0 Å². The number of nitrogens with zero attached hydrogens (tertiary/aromatic N) is 1. The Morgan fingerprint density at radius 2 is 2.07 bits per heavy atom. The molecular weight excluding hydrogens is 342 g/mol. The van der Waals surface area contributed by atoms with Crippen LogP contribution in [0.5, 0.6) is 0 Å². The highest BCUT2D eigenvalue weighted by Gasteiger charge is 2.54. The second-order valence-electron chi connectivity index (χ2n) is 8.83. The van der Waals surface area contributed by atoms with Crippen molar-refractivity contribution in [1.82, 2.24) is 9.97 Å². The Kier molecular flexibility index (Phi) is 3.63. The molecule has 4 aliphatic carbocycles. The van der Waals surface area contributed by atoms with Crippen LogP contribution in [0.15, 0.2) is 24.0 Å². The van der Waals surface area contributed by atoms with E-state index < -0.39 is 11.6 Å². The Bertz CT molecular complexity index is 931. The number of H-pyrrole nitrogens is 1. The Morgan fingerprint density at radius 3 is 2.74 bits per heavy atom. The topological polar surface area (TPSA) is 98.2 Å². The molecule has 4 saturated carbocycles. The van der Waals surface area contributed by atoms with Crippen LogP contribution in [0.3, 0.4) is 0 Å². The number of aliphatic hydroxyl groups is 1. The van der Waals surface area contributed by atoms with Crippen molar-refractivity contribution in [2.24, 2.45) is 17.8 Å². The number of fused-ring (bicyclic) bond motifs is 1. The third-order valence-corrected chi connectivity index (χ3v) is 6.88. The van der Waals surface area contributed by atoms with E-state index in [9.17, 15) is 15.0 Å². The van der Waals surface area contributed by atoms with Crippen LogP contribution in [0, 0.1) is 17.8 Å². The Labute approximate surface area is 157 Å².